The van der Waals surface area contributed by atoms with Crippen molar-refractivity contribution in [2.24, 2.45) is 0 Å². The van der Waals surface area contributed by atoms with E-state index in [0.717, 1.165) is 0 Å². The molecule has 0 radical (unpaired) electrons. The summed E-state index contributed by atoms with van der Waals surface area (Å²) in [7, 11) is 0. The van der Waals surface area contributed by atoms with Crippen molar-refractivity contribution in [2.75, 3.05) is 13.2 Å². The first-order valence-corrected chi connectivity index (χ1v) is 7.18. The lowest BCUT2D eigenvalue weighted by Gasteiger charge is -2.50. The Morgan fingerprint density at radius 2 is 1.75 bits per heavy atom. The van der Waals surface area contributed by atoms with Gasteiger partial charge in [0, 0.05) is 11.1 Å². The molecule has 112 valence electrons. The van der Waals surface area contributed by atoms with Crippen molar-refractivity contribution in [1.82, 2.24) is 15.5 Å². The average molecular weight is 281 g/mol. The summed E-state index contributed by atoms with van der Waals surface area (Å²) in [5.74, 6) is -0.0966. The van der Waals surface area contributed by atoms with Crippen molar-refractivity contribution < 1.29 is 14.3 Å². The fourth-order valence-electron chi connectivity index (χ4n) is 4.03. The van der Waals surface area contributed by atoms with E-state index < -0.39 is 5.54 Å². The highest BCUT2D eigenvalue weighted by Gasteiger charge is 2.58. The summed E-state index contributed by atoms with van der Waals surface area (Å²) in [6, 6.07) is -0.279. The third kappa shape index (κ3) is 2.31. The lowest BCUT2D eigenvalue weighted by Crippen LogP contribution is -2.68. The van der Waals surface area contributed by atoms with Gasteiger partial charge in [-0.15, -0.1) is 0 Å². The number of carbonyl (C=O) groups is 2. The molecule has 1 atom stereocenters. The second-order valence-electron chi connectivity index (χ2n) is 7.63. The number of piperidine rings is 1. The lowest BCUT2D eigenvalue weighted by atomic mass is 9.71. The molecule has 1 spiro atoms. The molecule has 2 N–H and O–H groups in total. The largest absolute Gasteiger partial charge is 0.371 e. The van der Waals surface area contributed by atoms with E-state index in [1.54, 1.807) is 0 Å². The molecule has 3 rings (SSSR count). The van der Waals surface area contributed by atoms with E-state index in [9.17, 15) is 9.59 Å². The Labute approximate surface area is 119 Å². The third-order valence-corrected chi connectivity index (χ3v) is 4.20. The van der Waals surface area contributed by atoms with Crippen molar-refractivity contribution in [1.29, 1.82) is 0 Å². The fourth-order valence-corrected chi connectivity index (χ4v) is 4.03. The van der Waals surface area contributed by atoms with Gasteiger partial charge in [-0.05, 0) is 40.5 Å². The Hall–Kier alpha value is -1.14. The van der Waals surface area contributed by atoms with Crippen LogP contribution in [-0.2, 0) is 9.53 Å². The van der Waals surface area contributed by atoms with Gasteiger partial charge in [-0.25, -0.2) is 4.79 Å². The molecule has 6 nitrogen and oxygen atoms in total. The van der Waals surface area contributed by atoms with E-state index in [-0.39, 0.29) is 29.1 Å². The summed E-state index contributed by atoms with van der Waals surface area (Å²) in [6.45, 7) is 9.30. The predicted molar refractivity (Wildman–Crippen MR) is 73.2 cm³/mol. The van der Waals surface area contributed by atoms with E-state index >= 15 is 0 Å². The molecule has 0 aliphatic carbocycles. The summed E-state index contributed by atoms with van der Waals surface area (Å²) < 4.78 is 5.14. The topological polar surface area (TPSA) is 74.0 Å². The molecule has 3 aliphatic heterocycles. The summed E-state index contributed by atoms with van der Waals surface area (Å²) in [5, 5.41) is 6.50. The van der Waals surface area contributed by atoms with Crippen molar-refractivity contribution in [3.8, 4) is 0 Å². The highest BCUT2D eigenvalue weighted by Crippen LogP contribution is 2.39. The summed E-state index contributed by atoms with van der Waals surface area (Å²) >= 11 is 0. The molecule has 1 unspecified atom stereocenters. The van der Waals surface area contributed by atoms with Gasteiger partial charge >= 0.3 is 6.03 Å². The molecule has 0 saturated carbocycles. The molecule has 0 aromatic rings. The van der Waals surface area contributed by atoms with Gasteiger partial charge in [-0.2, -0.15) is 0 Å². The van der Waals surface area contributed by atoms with Crippen LogP contribution < -0.4 is 10.6 Å². The smallest absolute Gasteiger partial charge is 0.325 e. The summed E-state index contributed by atoms with van der Waals surface area (Å²) in [4.78, 5) is 26.3. The van der Waals surface area contributed by atoms with Crippen molar-refractivity contribution >= 4 is 11.9 Å². The monoisotopic (exact) mass is 281 g/mol. The summed E-state index contributed by atoms with van der Waals surface area (Å²) in [5.41, 5.74) is -1.17. The van der Waals surface area contributed by atoms with Gasteiger partial charge < -0.3 is 15.4 Å². The number of ether oxygens (including phenoxy) is 1. The zero-order valence-electron chi connectivity index (χ0n) is 12.6. The van der Waals surface area contributed by atoms with Crippen LogP contribution in [0.2, 0.25) is 0 Å². The standard InChI is InChI=1S/C14H23N3O3/c1-12(2)7-14(8-13(3,4)16-12)10(18)17(11(19)15-14)5-9-6-20-9/h9,16H,5-8H2,1-4H3,(H,15,19). The van der Waals surface area contributed by atoms with Crippen molar-refractivity contribution in [3.05, 3.63) is 0 Å². The molecular formula is C14H23N3O3. The molecule has 20 heavy (non-hydrogen) atoms. The minimum atomic E-state index is -0.774. The zero-order valence-corrected chi connectivity index (χ0v) is 12.6. The average Bonchev–Trinajstić information content (AvgIpc) is 2.99. The first kappa shape index (κ1) is 13.8. The van der Waals surface area contributed by atoms with E-state index in [2.05, 4.69) is 38.3 Å². The molecule has 0 bridgehead atoms. The molecule has 6 heteroatoms. The molecule has 3 aliphatic rings. The maximum Gasteiger partial charge on any atom is 0.325 e. The first-order valence-electron chi connectivity index (χ1n) is 7.18. The third-order valence-electron chi connectivity index (χ3n) is 4.20. The van der Waals surface area contributed by atoms with Crippen LogP contribution in [0.3, 0.4) is 0 Å². The van der Waals surface area contributed by atoms with Crippen molar-refractivity contribution in [3.63, 3.8) is 0 Å². The highest BCUT2D eigenvalue weighted by atomic mass is 16.6. The predicted octanol–water partition coefficient (Wildman–Crippen LogP) is 0.616. The maximum atomic E-state index is 12.8. The van der Waals surface area contributed by atoms with Crippen LogP contribution in [0.15, 0.2) is 0 Å². The number of carbonyl (C=O) groups excluding carboxylic acids is 2. The van der Waals surface area contributed by atoms with Gasteiger partial charge in [0.15, 0.2) is 0 Å². The van der Waals surface area contributed by atoms with Crippen LogP contribution in [0.1, 0.15) is 40.5 Å². The molecule has 0 aromatic heterocycles. The first-order chi connectivity index (χ1) is 9.13. The fraction of sp³-hybridized carbons (Fsp3) is 0.857. The molecule has 0 aromatic carbocycles. The molecule has 3 heterocycles. The highest BCUT2D eigenvalue weighted by molar-refractivity contribution is 6.07. The Morgan fingerprint density at radius 1 is 1.20 bits per heavy atom. The number of hydrogen-bond donors (Lipinski definition) is 2. The van der Waals surface area contributed by atoms with Gasteiger partial charge in [0.2, 0.25) is 0 Å². The minimum absolute atomic E-state index is 0.0302. The normalized spacial score (nSPS) is 33.4. The van der Waals surface area contributed by atoms with Gasteiger partial charge in [-0.1, -0.05) is 0 Å². The summed E-state index contributed by atoms with van der Waals surface area (Å²) in [6.07, 6.45) is 1.24. The SMILES string of the molecule is CC1(C)CC2(CC(C)(C)N1)NC(=O)N(CC1CO1)C2=O. The Balaban J connectivity index is 1.87. The van der Waals surface area contributed by atoms with Gasteiger partial charge in [0.1, 0.15) is 5.54 Å². The number of urea groups is 1. The number of amides is 3. The van der Waals surface area contributed by atoms with E-state index in [1.165, 1.54) is 4.90 Å². The van der Waals surface area contributed by atoms with Crippen LogP contribution in [0.5, 0.6) is 0 Å². The van der Waals surface area contributed by atoms with Crippen LogP contribution in [-0.4, -0.2) is 52.7 Å². The lowest BCUT2D eigenvalue weighted by molar-refractivity contribution is -0.134. The number of epoxide rings is 1. The second-order valence-corrected chi connectivity index (χ2v) is 7.63. The van der Waals surface area contributed by atoms with Gasteiger partial charge in [0.05, 0.1) is 19.3 Å². The molecule has 3 saturated heterocycles. The number of imide groups is 1. The number of hydrogen-bond acceptors (Lipinski definition) is 4. The van der Waals surface area contributed by atoms with Crippen molar-refractivity contribution in [2.45, 2.75) is 63.3 Å². The number of nitrogens with one attached hydrogen (secondary N) is 2. The van der Waals surface area contributed by atoms with Crippen LogP contribution in [0.4, 0.5) is 4.79 Å². The number of nitrogens with zero attached hydrogens (tertiary/aromatic N) is 1. The quantitative estimate of drug-likeness (QED) is 0.575. The second kappa shape index (κ2) is 3.95. The molecule has 3 amide bonds. The van der Waals surface area contributed by atoms with E-state index in [0.29, 0.717) is 26.0 Å². The van der Waals surface area contributed by atoms with Crippen LogP contribution in [0.25, 0.3) is 0 Å². The van der Waals surface area contributed by atoms with Gasteiger partial charge in [-0.3, -0.25) is 9.69 Å². The Bertz CT molecular complexity index is 452. The van der Waals surface area contributed by atoms with Gasteiger partial charge in [0.25, 0.3) is 5.91 Å². The molecule has 3 fully saturated rings. The van der Waals surface area contributed by atoms with E-state index in [4.69, 9.17) is 4.74 Å². The molecular weight excluding hydrogens is 258 g/mol. The Morgan fingerprint density at radius 3 is 2.25 bits per heavy atom. The van der Waals surface area contributed by atoms with E-state index in [1.807, 2.05) is 0 Å². The number of rotatable bonds is 2. The maximum absolute atomic E-state index is 12.8. The zero-order chi connectivity index (χ0) is 14.8. The van der Waals surface area contributed by atoms with Crippen LogP contribution in [0, 0.1) is 0 Å². The minimum Gasteiger partial charge on any atom is -0.371 e. The van der Waals surface area contributed by atoms with Crippen LogP contribution >= 0.6 is 0 Å². The Kier molecular flexibility index (Phi) is 2.73.